The summed E-state index contributed by atoms with van der Waals surface area (Å²) in [7, 11) is 0. The van der Waals surface area contributed by atoms with Gasteiger partial charge in [0.1, 0.15) is 0 Å². The first-order valence-electron chi connectivity index (χ1n) is 6.16. The third kappa shape index (κ3) is 3.40. The largest absolute Gasteiger partial charge is 0.503 e. The van der Waals surface area contributed by atoms with Gasteiger partial charge < -0.3 is 15.2 Å². The Morgan fingerprint density at radius 1 is 1.28 bits per heavy atom. The molecule has 18 heavy (non-hydrogen) atoms. The summed E-state index contributed by atoms with van der Waals surface area (Å²) in [5.41, 5.74) is 0.471. The zero-order valence-electron chi connectivity index (χ0n) is 10.1. The summed E-state index contributed by atoms with van der Waals surface area (Å²) in [5, 5.41) is 12.1. The molecule has 0 amide bonds. The SMILES string of the molecule is Oc1c(F)cc(CNCC2CCCCO2)cc1F. The highest BCUT2D eigenvalue weighted by atomic mass is 19.1. The van der Waals surface area contributed by atoms with Gasteiger partial charge in [0.25, 0.3) is 0 Å². The van der Waals surface area contributed by atoms with Crippen LogP contribution in [0.25, 0.3) is 0 Å². The molecule has 100 valence electrons. The fourth-order valence-corrected chi connectivity index (χ4v) is 2.07. The maximum absolute atomic E-state index is 13.1. The van der Waals surface area contributed by atoms with E-state index in [9.17, 15) is 8.78 Å². The van der Waals surface area contributed by atoms with Gasteiger partial charge in [0.05, 0.1) is 6.10 Å². The maximum Gasteiger partial charge on any atom is 0.187 e. The van der Waals surface area contributed by atoms with Crippen LogP contribution in [0.5, 0.6) is 5.75 Å². The van der Waals surface area contributed by atoms with Crippen LogP contribution in [-0.2, 0) is 11.3 Å². The third-order valence-corrected chi connectivity index (χ3v) is 3.05. The van der Waals surface area contributed by atoms with Crippen molar-refractivity contribution in [2.24, 2.45) is 0 Å². The van der Waals surface area contributed by atoms with Gasteiger partial charge in [-0.25, -0.2) is 8.78 Å². The Balaban J connectivity index is 1.82. The lowest BCUT2D eigenvalue weighted by Gasteiger charge is -2.22. The van der Waals surface area contributed by atoms with Crippen LogP contribution in [0, 0.1) is 11.6 Å². The lowest BCUT2D eigenvalue weighted by Crippen LogP contribution is -2.31. The molecule has 3 nitrogen and oxygen atoms in total. The fraction of sp³-hybridized carbons (Fsp3) is 0.538. The molecule has 1 aromatic rings. The van der Waals surface area contributed by atoms with Gasteiger partial charge in [-0.15, -0.1) is 0 Å². The molecule has 0 aliphatic carbocycles. The van der Waals surface area contributed by atoms with E-state index in [2.05, 4.69) is 5.32 Å². The number of hydrogen-bond acceptors (Lipinski definition) is 3. The van der Waals surface area contributed by atoms with Crippen molar-refractivity contribution >= 4 is 0 Å². The summed E-state index contributed by atoms with van der Waals surface area (Å²) in [6.07, 6.45) is 3.47. The van der Waals surface area contributed by atoms with Crippen molar-refractivity contribution in [3.05, 3.63) is 29.3 Å². The molecular weight excluding hydrogens is 240 g/mol. The number of phenolic OH excluding ortho intramolecular Hbond substituents is 1. The molecule has 0 aromatic heterocycles. The highest BCUT2D eigenvalue weighted by Gasteiger charge is 2.13. The predicted molar refractivity (Wildman–Crippen MR) is 63.3 cm³/mol. The second-order valence-electron chi connectivity index (χ2n) is 4.53. The van der Waals surface area contributed by atoms with Crippen molar-refractivity contribution in [2.45, 2.75) is 31.9 Å². The van der Waals surface area contributed by atoms with Crippen LogP contribution < -0.4 is 5.32 Å². The Labute approximate surface area is 105 Å². The van der Waals surface area contributed by atoms with Crippen LogP contribution in [0.15, 0.2) is 12.1 Å². The first kappa shape index (κ1) is 13.2. The smallest absolute Gasteiger partial charge is 0.187 e. The summed E-state index contributed by atoms with van der Waals surface area (Å²) in [6.45, 7) is 1.81. The van der Waals surface area contributed by atoms with E-state index in [0.717, 1.165) is 38.0 Å². The van der Waals surface area contributed by atoms with E-state index in [1.165, 1.54) is 0 Å². The van der Waals surface area contributed by atoms with Crippen LogP contribution in [-0.4, -0.2) is 24.4 Å². The summed E-state index contributed by atoms with van der Waals surface area (Å²) in [5.74, 6) is -2.78. The quantitative estimate of drug-likeness (QED) is 0.869. The topological polar surface area (TPSA) is 41.5 Å². The molecule has 1 heterocycles. The summed E-state index contributed by atoms with van der Waals surface area (Å²) in [4.78, 5) is 0. The Morgan fingerprint density at radius 2 is 2.00 bits per heavy atom. The molecule has 1 atom stereocenters. The van der Waals surface area contributed by atoms with Crippen LogP contribution in [0.4, 0.5) is 8.78 Å². The van der Waals surface area contributed by atoms with E-state index in [0.29, 0.717) is 18.7 Å². The van der Waals surface area contributed by atoms with E-state index in [1.807, 2.05) is 0 Å². The van der Waals surface area contributed by atoms with Gasteiger partial charge in [-0.2, -0.15) is 0 Å². The van der Waals surface area contributed by atoms with Crippen molar-refractivity contribution in [2.75, 3.05) is 13.2 Å². The number of phenols is 1. The molecule has 0 spiro atoms. The Hall–Kier alpha value is -1.20. The van der Waals surface area contributed by atoms with Crippen LogP contribution in [0.1, 0.15) is 24.8 Å². The van der Waals surface area contributed by atoms with Gasteiger partial charge in [-0.3, -0.25) is 0 Å². The first-order valence-corrected chi connectivity index (χ1v) is 6.16. The zero-order valence-corrected chi connectivity index (χ0v) is 10.1. The van der Waals surface area contributed by atoms with E-state index >= 15 is 0 Å². The van der Waals surface area contributed by atoms with E-state index in [1.54, 1.807) is 0 Å². The van der Waals surface area contributed by atoms with Gasteiger partial charge >= 0.3 is 0 Å². The number of ether oxygens (including phenoxy) is 1. The fourth-order valence-electron chi connectivity index (χ4n) is 2.07. The van der Waals surface area contributed by atoms with Gasteiger partial charge in [0.15, 0.2) is 17.4 Å². The number of hydrogen-bond donors (Lipinski definition) is 2. The van der Waals surface area contributed by atoms with Crippen molar-refractivity contribution < 1.29 is 18.6 Å². The average molecular weight is 257 g/mol. The molecule has 1 aliphatic heterocycles. The predicted octanol–water partition coefficient (Wildman–Crippen LogP) is 2.33. The van der Waals surface area contributed by atoms with Gasteiger partial charge in [0, 0.05) is 19.7 Å². The molecule has 2 N–H and O–H groups in total. The molecular formula is C13H17F2NO2. The maximum atomic E-state index is 13.1. The van der Waals surface area contributed by atoms with E-state index in [-0.39, 0.29) is 6.10 Å². The molecule has 1 unspecified atom stereocenters. The lowest BCUT2D eigenvalue weighted by atomic mass is 10.1. The molecule has 0 saturated carbocycles. The monoisotopic (exact) mass is 257 g/mol. The minimum absolute atomic E-state index is 0.186. The Morgan fingerprint density at radius 3 is 2.61 bits per heavy atom. The standard InChI is InChI=1S/C13H17F2NO2/c14-11-5-9(6-12(15)13(11)17)7-16-8-10-3-1-2-4-18-10/h5-6,10,16-17H,1-4,7-8H2. The third-order valence-electron chi connectivity index (χ3n) is 3.05. The molecule has 0 radical (unpaired) electrons. The molecule has 0 bridgehead atoms. The van der Waals surface area contributed by atoms with Gasteiger partial charge in [-0.05, 0) is 37.0 Å². The Bertz CT molecular complexity index is 383. The van der Waals surface area contributed by atoms with Crippen LogP contribution >= 0.6 is 0 Å². The highest BCUT2D eigenvalue weighted by Crippen LogP contribution is 2.21. The Kier molecular flexibility index (Phi) is 4.49. The number of nitrogens with one attached hydrogen (secondary N) is 1. The van der Waals surface area contributed by atoms with Gasteiger partial charge in [0.2, 0.25) is 0 Å². The molecule has 1 saturated heterocycles. The molecule has 5 heteroatoms. The second kappa shape index (κ2) is 6.11. The lowest BCUT2D eigenvalue weighted by molar-refractivity contribution is 0.0168. The molecule has 1 fully saturated rings. The highest BCUT2D eigenvalue weighted by molar-refractivity contribution is 5.29. The number of rotatable bonds is 4. The second-order valence-corrected chi connectivity index (χ2v) is 4.53. The molecule has 1 aliphatic rings. The number of benzene rings is 1. The van der Waals surface area contributed by atoms with Crippen molar-refractivity contribution in [3.63, 3.8) is 0 Å². The zero-order chi connectivity index (χ0) is 13.0. The van der Waals surface area contributed by atoms with Crippen LogP contribution in [0.3, 0.4) is 0 Å². The van der Waals surface area contributed by atoms with Crippen molar-refractivity contribution in [1.82, 2.24) is 5.32 Å². The number of aromatic hydroxyl groups is 1. The number of halogens is 2. The normalized spacial score (nSPS) is 20.0. The summed E-state index contributed by atoms with van der Waals surface area (Å²) < 4.78 is 31.7. The molecule has 2 rings (SSSR count). The van der Waals surface area contributed by atoms with E-state index < -0.39 is 17.4 Å². The van der Waals surface area contributed by atoms with Crippen molar-refractivity contribution in [1.29, 1.82) is 0 Å². The summed E-state index contributed by atoms with van der Waals surface area (Å²) in [6, 6.07) is 2.26. The van der Waals surface area contributed by atoms with Crippen molar-refractivity contribution in [3.8, 4) is 5.75 Å². The first-order chi connectivity index (χ1) is 8.66. The average Bonchev–Trinajstić information content (AvgIpc) is 2.37. The van der Waals surface area contributed by atoms with Crippen LogP contribution in [0.2, 0.25) is 0 Å². The molecule has 1 aromatic carbocycles. The minimum Gasteiger partial charge on any atom is -0.503 e. The van der Waals surface area contributed by atoms with E-state index in [4.69, 9.17) is 9.84 Å². The minimum atomic E-state index is -0.930. The summed E-state index contributed by atoms with van der Waals surface area (Å²) >= 11 is 0. The van der Waals surface area contributed by atoms with Gasteiger partial charge in [-0.1, -0.05) is 0 Å².